The maximum Gasteiger partial charge on any atom is 0.222 e. The van der Waals surface area contributed by atoms with Gasteiger partial charge in [0.05, 0.1) is 13.2 Å². The third-order valence-electron chi connectivity index (χ3n) is 4.12. The average molecular weight is 295 g/mol. The Morgan fingerprint density at radius 1 is 1.52 bits per heavy atom. The van der Waals surface area contributed by atoms with E-state index >= 15 is 0 Å². The molecule has 0 aliphatic carbocycles. The van der Waals surface area contributed by atoms with Crippen molar-refractivity contribution >= 4 is 5.91 Å². The number of carbonyl (C=O) groups is 1. The Morgan fingerprint density at radius 2 is 2.29 bits per heavy atom. The molecule has 1 aromatic rings. The van der Waals surface area contributed by atoms with Crippen molar-refractivity contribution in [3.05, 3.63) is 29.6 Å². The van der Waals surface area contributed by atoms with Crippen molar-refractivity contribution in [1.82, 2.24) is 4.90 Å². The molecule has 2 atom stereocenters. The van der Waals surface area contributed by atoms with E-state index in [0.717, 1.165) is 12.0 Å². The minimum Gasteiger partial charge on any atom is -0.494 e. The van der Waals surface area contributed by atoms with E-state index in [1.807, 2.05) is 6.92 Å². The number of rotatable bonds is 4. The second kappa shape index (κ2) is 6.89. The van der Waals surface area contributed by atoms with E-state index in [2.05, 4.69) is 0 Å². The van der Waals surface area contributed by atoms with Gasteiger partial charge in [0, 0.05) is 19.5 Å². The summed E-state index contributed by atoms with van der Waals surface area (Å²) in [7, 11) is 1.42. The first kappa shape index (κ1) is 15.8. The van der Waals surface area contributed by atoms with Crippen LogP contribution in [-0.2, 0) is 11.2 Å². The standard InChI is InChI=1S/C16H22FNO3/c1-11-7-8-18(10-14(11)19)16(20)6-4-12-3-5-15(21-2)13(17)9-12/h3,5,9,11,14,19H,4,6-8,10H2,1-2H3. The number of hydrogen-bond acceptors (Lipinski definition) is 3. The van der Waals surface area contributed by atoms with Crippen molar-refractivity contribution in [3.8, 4) is 5.75 Å². The molecule has 1 N–H and O–H groups in total. The molecule has 1 saturated heterocycles. The second-order valence-corrected chi connectivity index (χ2v) is 5.64. The fourth-order valence-electron chi connectivity index (χ4n) is 2.55. The number of aliphatic hydroxyl groups excluding tert-OH is 1. The molecule has 1 aliphatic rings. The highest BCUT2D eigenvalue weighted by atomic mass is 19.1. The molecule has 0 radical (unpaired) electrons. The molecule has 0 bridgehead atoms. The van der Waals surface area contributed by atoms with Gasteiger partial charge in [-0.3, -0.25) is 4.79 Å². The van der Waals surface area contributed by atoms with Crippen LogP contribution in [-0.4, -0.2) is 42.2 Å². The highest BCUT2D eigenvalue weighted by Gasteiger charge is 2.26. The Labute approximate surface area is 124 Å². The van der Waals surface area contributed by atoms with Crippen LogP contribution in [0.4, 0.5) is 4.39 Å². The lowest BCUT2D eigenvalue weighted by Crippen LogP contribution is -2.45. The Balaban J connectivity index is 1.88. The van der Waals surface area contributed by atoms with Crippen LogP contribution >= 0.6 is 0 Å². The Kier molecular flexibility index (Phi) is 5.17. The van der Waals surface area contributed by atoms with Gasteiger partial charge in [-0.05, 0) is 36.5 Å². The van der Waals surface area contributed by atoms with Gasteiger partial charge in [0.2, 0.25) is 5.91 Å². The zero-order valence-corrected chi connectivity index (χ0v) is 12.5. The third-order valence-corrected chi connectivity index (χ3v) is 4.12. The highest BCUT2D eigenvalue weighted by molar-refractivity contribution is 5.76. The van der Waals surface area contributed by atoms with Crippen LogP contribution in [0, 0.1) is 11.7 Å². The lowest BCUT2D eigenvalue weighted by molar-refractivity contribution is -0.135. The molecule has 5 heteroatoms. The summed E-state index contributed by atoms with van der Waals surface area (Å²) in [5, 5.41) is 9.82. The molecular weight excluding hydrogens is 273 g/mol. The minimum absolute atomic E-state index is 0.0113. The normalized spacial score (nSPS) is 22.2. The fraction of sp³-hybridized carbons (Fsp3) is 0.562. The van der Waals surface area contributed by atoms with Crippen LogP contribution in [0.3, 0.4) is 0 Å². The zero-order chi connectivity index (χ0) is 15.4. The van der Waals surface area contributed by atoms with Gasteiger partial charge in [-0.1, -0.05) is 13.0 Å². The summed E-state index contributed by atoms with van der Waals surface area (Å²) in [6.07, 6.45) is 1.19. The summed E-state index contributed by atoms with van der Waals surface area (Å²) >= 11 is 0. The number of piperidine rings is 1. The van der Waals surface area contributed by atoms with Gasteiger partial charge in [0.15, 0.2) is 11.6 Å². The number of likely N-dealkylation sites (tertiary alicyclic amines) is 1. The summed E-state index contributed by atoms with van der Waals surface area (Å²) in [6, 6.07) is 4.74. The Hall–Kier alpha value is -1.62. The van der Waals surface area contributed by atoms with Gasteiger partial charge in [-0.25, -0.2) is 4.39 Å². The SMILES string of the molecule is COc1ccc(CCC(=O)N2CCC(C)C(O)C2)cc1F. The molecule has 1 heterocycles. The van der Waals surface area contributed by atoms with Crippen molar-refractivity contribution in [2.24, 2.45) is 5.92 Å². The van der Waals surface area contributed by atoms with E-state index in [0.29, 0.717) is 25.9 Å². The van der Waals surface area contributed by atoms with Crippen LogP contribution in [0.25, 0.3) is 0 Å². The molecule has 0 aromatic heterocycles. The number of benzene rings is 1. The van der Waals surface area contributed by atoms with Crippen LogP contribution in [0.1, 0.15) is 25.3 Å². The van der Waals surface area contributed by atoms with Crippen LogP contribution < -0.4 is 4.74 Å². The largest absolute Gasteiger partial charge is 0.494 e. The van der Waals surface area contributed by atoms with Gasteiger partial charge in [0.1, 0.15) is 0 Å². The average Bonchev–Trinajstić information content (AvgIpc) is 2.47. The first-order valence-corrected chi connectivity index (χ1v) is 7.29. The third kappa shape index (κ3) is 3.94. The molecule has 2 unspecified atom stereocenters. The number of methoxy groups -OCH3 is 1. The number of aryl methyl sites for hydroxylation is 1. The fourth-order valence-corrected chi connectivity index (χ4v) is 2.55. The molecule has 116 valence electrons. The quantitative estimate of drug-likeness (QED) is 0.924. The van der Waals surface area contributed by atoms with Crippen molar-refractivity contribution in [2.45, 2.75) is 32.3 Å². The summed E-state index contributed by atoms with van der Waals surface area (Å²) in [5.74, 6) is 0.0461. The van der Waals surface area contributed by atoms with Gasteiger partial charge in [0.25, 0.3) is 0 Å². The molecule has 0 saturated carbocycles. The minimum atomic E-state index is -0.443. The van der Waals surface area contributed by atoms with Crippen LogP contribution in [0.15, 0.2) is 18.2 Å². The Morgan fingerprint density at radius 3 is 2.90 bits per heavy atom. The van der Waals surface area contributed by atoms with Crippen LogP contribution in [0.2, 0.25) is 0 Å². The first-order chi connectivity index (χ1) is 10.0. The van der Waals surface area contributed by atoms with Crippen molar-refractivity contribution in [2.75, 3.05) is 20.2 Å². The number of aliphatic hydroxyl groups is 1. The van der Waals surface area contributed by atoms with Gasteiger partial charge < -0.3 is 14.7 Å². The molecule has 0 spiro atoms. The monoisotopic (exact) mass is 295 g/mol. The maximum absolute atomic E-state index is 13.6. The topological polar surface area (TPSA) is 49.8 Å². The van der Waals surface area contributed by atoms with E-state index in [1.54, 1.807) is 17.0 Å². The van der Waals surface area contributed by atoms with E-state index < -0.39 is 11.9 Å². The summed E-state index contributed by atoms with van der Waals surface area (Å²) in [4.78, 5) is 13.8. The molecule has 4 nitrogen and oxygen atoms in total. The molecular formula is C16H22FNO3. The predicted octanol–water partition coefficient (Wildman–Crippen LogP) is 2.00. The first-order valence-electron chi connectivity index (χ1n) is 7.29. The lowest BCUT2D eigenvalue weighted by atomic mass is 9.95. The lowest BCUT2D eigenvalue weighted by Gasteiger charge is -2.34. The number of β-amino-alcohol motifs (C(OH)–C–C–N with tert-alkyl or cyclic N) is 1. The molecule has 1 amide bonds. The maximum atomic E-state index is 13.6. The molecule has 1 aromatic carbocycles. The Bertz CT molecular complexity index is 506. The number of hydrogen-bond donors (Lipinski definition) is 1. The number of halogens is 1. The molecule has 2 rings (SSSR count). The smallest absolute Gasteiger partial charge is 0.222 e. The molecule has 1 fully saturated rings. The van der Waals surface area contributed by atoms with Gasteiger partial charge in [-0.2, -0.15) is 0 Å². The van der Waals surface area contributed by atoms with E-state index in [1.165, 1.54) is 13.2 Å². The number of nitrogens with zero attached hydrogens (tertiary/aromatic N) is 1. The van der Waals surface area contributed by atoms with E-state index in [9.17, 15) is 14.3 Å². The second-order valence-electron chi connectivity index (χ2n) is 5.64. The van der Waals surface area contributed by atoms with Gasteiger partial charge >= 0.3 is 0 Å². The molecule has 21 heavy (non-hydrogen) atoms. The summed E-state index contributed by atoms with van der Waals surface area (Å²) in [6.45, 7) is 3.08. The van der Waals surface area contributed by atoms with Crippen molar-refractivity contribution in [1.29, 1.82) is 0 Å². The van der Waals surface area contributed by atoms with E-state index in [4.69, 9.17) is 4.74 Å². The van der Waals surface area contributed by atoms with Crippen molar-refractivity contribution in [3.63, 3.8) is 0 Å². The number of carbonyl (C=O) groups excluding carboxylic acids is 1. The van der Waals surface area contributed by atoms with Gasteiger partial charge in [-0.15, -0.1) is 0 Å². The van der Waals surface area contributed by atoms with E-state index in [-0.39, 0.29) is 17.6 Å². The van der Waals surface area contributed by atoms with Crippen molar-refractivity contribution < 1.29 is 19.0 Å². The predicted molar refractivity (Wildman–Crippen MR) is 77.6 cm³/mol. The summed E-state index contributed by atoms with van der Waals surface area (Å²) < 4.78 is 18.4. The number of ether oxygens (including phenoxy) is 1. The van der Waals surface area contributed by atoms with Crippen LogP contribution in [0.5, 0.6) is 5.75 Å². The zero-order valence-electron chi connectivity index (χ0n) is 12.5. The summed E-state index contributed by atoms with van der Waals surface area (Å²) in [5.41, 5.74) is 0.771. The number of amides is 1. The molecule has 1 aliphatic heterocycles. The highest BCUT2D eigenvalue weighted by Crippen LogP contribution is 2.20.